The van der Waals surface area contributed by atoms with E-state index < -0.39 is 0 Å². The van der Waals surface area contributed by atoms with Crippen LogP contribution < -0.4 is 16.2 Å². The van der Waals surface area contributed by atoms with Crippen LogP contribution in [0.4, 0.5) is 0 Å². The van der Waals surface area contributed by atoms with E-state index in [4.69, 9.17) is 16.2 Å². The summed E-state index contributed by atoms with van der Waals surface area (Å²) in [7, 11) is 1.68. The molecular weight excluding hydrogens is 200 g/mol. The number of rotatable bonds is 3. The number of aryl methyl sites for hydroxylation is 2. The molecule has 88 valence electrons. The fraction of sp³-hybridized carbons (Fsp3) is 0.538. The Labute approximate surface area is 96.8 Å². The van der Waals surface area contributed by atoms with E-state index in [0.717, 1.165) is 24.2 Å². The van der Waals surface area contributed by atoms with E-state index in [-0.39, 0.29) is 11.6 Å². The Hall–Kier alpha value is -1.06. The zero-order valence-corrected chi connectivity index (χ0v) is 10.2. The molecule has 0 saturated heterocycles. The second-order valence-electron chi connectivity index (χ2n) is 4.89. The quantitative estimate of drug-likeness (QED) is 0.816. The van der Waals surface area contributed by atoms with E-state index in [2.05, 4.69) is 19.9 Å². The van der Waals surface area contributed by atoms with Gasteiger partial charge >= 0.3 is 0 Å². The average Bonchev–Trinajstić information content (AvgIpc) is 3.00. The maximum atomic E-state index is 6.22. The SMILES string of the molecule is COc1cc(C)c(C)cc1C(N)C1(N)CC1. The molecule has 0 aromatic heterocycles. The topological polar surface area (TPSA) is 61.3 Å². The minimum Gasteiger partial charge on any atom is -0.496 e. The van der Waals surface area contributed by atoms with Crippen LogP contribution in [0.5, 0.6) is 5.75 Å². The largest absolute Gasteiger partial charge is 0.496 e. The van der Waals surface area contributed by atoms with Crippen LogP contribution in [-0.2, 0) is 0 Å². The Kier molecular flexibility index (Phi) is 2.68. The fourth-order valence-electron chi connectivity index (χ4n) is 2.00. The van der Waals surface area contributed by atoms with Gasteiger partial charge in [0.15, 0.2) is 0 Å². The van der Waals surface area contributed by atoms with Crippen molar-refractivity contribution in [1.82, 2.24) is 0 Å². The van der Waals surface area contributed by atoms with Crippen LogP contribution >= 0.6 is 0 Å². The first kappa shape index (κ1) is 11.4. The van der Waals surface area contributed by atoms with Crippen molar-refractivity contribution in [2.45, 2.75) is 38.3 Å². The molecule has 1 fully saturated rings. The Balaban J connectivity index is 2.42. The second kappa shape index (κ2) is 3.75. The lowest BCUT2D eigenvalue weighted by atomic mass is 9.94. The molecule has 1 unspecified atom stereocenters. The van der Waals surface area contributed by atoms with E-state index in [1.165, 1.54) is 11.1 Å². The highest BCUT2D eigenvalue weighted by atomic mass is 16.5. The Bertz CT molecular complexity index is 411. The predicted octanol–water partition coefficient (Wildman–Crippen LogP) is 1.80. The third kappa shape index (κ3) is 1.81. The molecule has 1 saturated carbocycles. The molecule has 0 heterocycles. The summed E-state index contributed by atoms with van der Waals surface area (Å²) in [5.74, 6) is 0.854. The third-order valence-electron chi connectivity index (χ3n) is 3.63. The molecule has 1 aliphatic carbocycles. The van der Waals surface area contributed by atoms with E-state index in [0.29, 0.717) is 0 Å². The number of hydrogen-bond donors (Lipinski definition) is 2. The highest BCUT2D eigenvalue weighted by Gasteiger charge is 2.45. The van der Waals surface area contributed by atoms with Gasteiger partial charge in [-0.2, -0.15) is 0 Å². The van der Waals surface area contributed by atoms with Crippen molar-refractivity contribution in [3.8, 4) is 5.75 Å². The van der Waals surface area contributed by atoms with Gasteiger partial charge < -0.3 is 16.2 Å². The summed E-state index contributed by atoms with van der Waals surface area (Å²) in [6.45, 7) is 4.16. The lowest BCUT2D eigenvalue weighted by Gasteiger charge is -2.22. The smallest absolute Gasteiger partial charge is 0.123 e. The minimum atomic E-state index is -0.213. The maximum Gasteiger partial charge on any atom is 0.123 e. The minimum absolute atomic E-state index is 0.123. The summed E-state index contributed by atoms with van der Waals surface area (Å²) in [4.78, 5) is 0. The summed E-state index contributed by atoms with van der Waals surface area (Å²) < 4.78 is 5.39. The molecule has 0 bridgehead atoms. The predicted molar refractivity (Wildman–Crippen MR) is 65.5 cm³/mol. The van der Waals surface area contributed by atoms with Crippen molar-refractivity contribution < 1.29 is 4.74 Å². The summed E-state index contributed by atoms with van der Waals surface area (Å²) in [5, 5.41) is 0. The first-order valence-corrected chi connectivity index (χ1v) is 5.67. The number of methoxy groups -OCH3 is 1. The first-order valence-electron chi connectivity index (χ1n) is 5.67. The lowest BCUT2D eigenvalue weighted by Crippen LogP contribution is -2.36. The van der Waals surface area contributed by atoms with Gasteiger partial charge in [-0.3, -0.25) is 0 Å². The Morgan fingerprint density at radius 1 is 1.25 bits per heavy atom. The van der Waals surface area contributed by atoms with Crippen molar-refractivity contribution in [2.24, 2.45) is 11.5 Å². The lowest BCUT2D eigenvalue weighted by molar-refractivity contribution is 0.398. The number of ether oxygens (including phenoxy) is 1. The molecule has 16 heavy (non-hydrogen) atoms. The fourth-order valence-corrected chi connectivity index (χ4v) is 2.00. The van der Waals surface area contributed by atoms with Gasteiger partial charge in [0.1, 0.15) is 5.75 Å². The average molecular weight is 220 g/mol. The Morgan fingerprint density at radius 2 is 1.81 bits per heavy atom. The molecule has 3 nitrogen and oxygen atoms in total. The molecule has 1 aromatic rings. The molecule has 4 N–H and O–H groups in total. The molecule has 2 rings (SSSR count). The third-order valence-corrected chi connectivity index (χ3v) is 3.63. The molecule has 1 aliphatic rings. The second-order valence-corrected chi connectivity index (χ2v) is 4.89. The monoisotopic (exact) mass is 220 g/mol. The Morgan fingerprint density at radius 3 is 2.31 bits per heavy atom. The first-order chi connectivity index (χ1) is 7.48. The van der Waals surface area contributed by atoms with Gasteiger partial charge in [0.2, 0.25) is 0 Å². The van der Waals surface area contributed by atoms with Crippen LogP contribution in [0, 0.1) is 13.8 Å². The van der Waals surface area contributed by atoms with E-state index in [1.54, 1.807) is 7.11 Å². The summed E-state index contributed by atoms with van der Waals surface area (Å²) in [6.07, 6.45) is 2.01. The van der Waals surface area contributed by atoms with Crippen LogP contribution in [0.2, 0.25) is 0 Å². The molecule has 0 radical (unpaired) electrons. The number of benzene rings is 1. The van der Waals surface area contributed by atoms with Crippen LogP contribution in [0.15, 0.2) is 12.1 Å². The molecule has 0 aliphatic heterocycles. The molecule has 1 atom stereocenters. The van der Waals surface area contributed by atoms with Gasteiger partial charge in [-0.15, -0.1) is 0 Å². The van der Waals surface area contributed by atoms with Crippen molar-refractivity contribution in [3.05, 3.63) is 28.8 Å². The number of nitrogens with two attached hydrogens (primary N) is 2. The molecule has 0 amide bonds. The van der Waals surface area contributed by atoms with Gasteiger partial charge in [-0.25, -0.2) is 0 Å². The van der Waals surface area contributed by atoms with E-state index in [1.807, 2.05) is 6.07 Å². The van der Waals surface area contributed by atoms with E-state index in [9.17, 15) is 0 Å². The highest BCUT2D eigenvalue weighted by molar-refractivity contribution is 5.45. The van der Waals surface area contributed by atoms with Crippen LogP contribution in [-0.4, -0.2) is 12.6 Å². The van der Waals surface area contributed by atoms with Gasteiger partial charge in [0.05, 0.1) is 13.2 Å². The molecule has 1 aromatic carbocycles. The maximum absolute atomic E-state index is 6.22. The summed E-state index contributed by atoms with van der Waals surface area (Å²) >= 11 is 0. The number of hydrogen-bond acceptors (Lipinski definition) is 3. The standard InChI is InChI=1S/C13H20N2O/c1-8-6-10(11(16-3)7-9(8)2)12(14)13(15)4-5-13/h6-7,12H,4-5,14-15H2,1-3H3. The van der Waals surface area contributed by atoms with Crippen molar-refractivity contribution >= 4 is 0 Å². The van der Waals surface area contributed by atoms with Gasteiger partial charge in [0, 0.05) is 11.1 Å². The zero-order chi connectivity index (χ0) is 11.9. The van der Waals surface area contributed by atoms with Crippen molar-refractivity contribution in [2.75, 3.05) is 7.11 Å². The van der Waals surface area contributed by atoms with Gasteiger partial charge in [0.25, 0.3) is 0 Å². The zero-order valence-electron chi connectivity index (χ0n) is 10.2. The van der Waals surface area contributed by atoms with Gasteiger partial charge in [-0.05, 0) is 43.9 Å². The van der Waals surface area contributed by atoms with E-state index >= 15 is 0 Å². The highest BCUT2D eigenvalue weighted by Crippen LogP contribution is 2.44. The summed E-state index contributed by atoms with van der Waals surface area (Å²) in [5.41, 5.74) is 15.6. The van der Waals surface area contributed by atoms with Crippen LogP contribution in [0.25, 0.3) is 0 Å². The van der Waals surface area contributed by atoms with Gasteiger partial charge in [-0.1, -0.05) is 6.07 Å². The van der Waals surface area contributed by atoms with Crippen molar-refractivity contribution in [1.29, 1.82) is 0 Å². The molecular formula is C13H20N2O. The van der Waals surface area contributed by atoms with Crippen LogP contribution in [0.3, 0.4) is 0 Å². The normalized spacial score (nSPS) is 19.3. The summed E-state index contributed by atoms with van der Waals surface area (Å²) in [6, 6.07) is 4.02. The molecule has 3 heteroatoms. The van der Waals surface area contributed by atoms with Crippen molar-refractivity contribution in [3.63, 3.8) is 0 Å². The van der Waals surface area contributed by atoms with Crippen LogP contribution in [0.1, 0.15) is 35.6 Å². The molecule has 0 spiro atoms.